The van der Waals surface area contributed by atoms with Crippen molar-refractivity contribution in [1.29, 1.82) is 0 Å². The van der Waals surface area contributed by atoms with Crippen molar-refractivity contribution in [3.63, 3.8) is 0 Å². The summed E-state index contributed by atoms with van der Waals surface area (Å²) in [6.45, 7) is 1.03. The van der Waals surface area contributed by atoms with Crippen LogP contribution in [0.2, 0.25) is 0 Å². The highest BCUT2D eigenvalue weighted by Crippen LogP contribution is 2.31. The van der Waals surface area contributed by atoms with E-state index in [0.717, 1.165) is 12.1 Å². The highest BCUT2D eigenvalue weighted by atomic mass is 35.5. The van der Waals surface area contributed by atoms with Gasteiger partial charge < -0.3 is 10.2 Å². The Morgan fingerprint density at radius 1 is 1.45 bits per heavy atom. The van der Waals surface area contributed by atoms with Gasteiger partial charge in [0.2, 0.25) is 5.91 Å². The van der Waals surface area contributed by atoms with Gasteiger partial charge in [0.05, 0.1) is 5.56 Å². The van der Waals surface area contributed by atoms with Crippen LogP contribution in [0.3, 0.4) is 0 Å². The summed E-state index contributed by atoms with van der Waals surface area (Å²) in [5.74, 6) is -0.226. The average molecular weight is 307 g/mol. The molecule has 1 aromatic rings. The minimum absolute atomic E-state index is 0.0503. The number of hydrogen-bond acceptors (Lipinski definition) is 2. The van der Waals surface area contributed by atoms with Crippen LogP contribution in [0, 0.1) is 0 Å². The molecule has 20 heavy (non-hydrogen) atoms. The lowest BCUT2D eigenvalue weighted by molar-refractivity contribution is -0.137. The molecule has 2 rings (SSSR count). The monoisotopic (exact) mass is 306 g/mol. The Labute approximate surface area is 119 Å². The molecule has 1 heterocycles. The Kier molecular flexibility index (Phi) is 4.42. The number of nitrogens with one attached hydrogen (secondary N) is 1. The van der Waals surface area contributed by atoms with E-state index in [-0.39, 0.29) is 17.8 Å². The lowest BCUT2D eigenvalue weighted by atomic mass is 10.1. The molecule has 0 spiro atoms. The number of carbonyl (C=O) groups is 1. The molecule has 1 N–H and O–H groups in total. The first-order chi connectivity index (χ1) is 9.40. The minimum Gasteiger partial charge on any atom is -0.380 e. The van der Waals surface area contributed by atoms with E-state index in [1.54, 1.807) is 11.0 Å². The largest absolute Gasteiger partial charge is 0.416 e. The van der Waals surface area contributed by atoms with Crippen molar-refractivity contribution in [2.24, 2.45) is 0 Å². The minimum atomic E-state index is -4.35. The van der Waals surface area contributed by atoms with Crippen LogP contribution < -0.4 is 5.32 Å². The van der Waals surface area contributed by atoms with Gasteiger partial charge in [-0.05, 0) is 24.6 Å². The van der Waals surface area contributed by atoms with Gasteiger partial charge in [-0.1, -0.05) is 6.07 Å². The topological polar surface area (TPSA) is 32.3 Å². The molecule has 1 unspecified atom stereocenters. The van der Waals surface area contributed by atoms with E-state index in [1.165, 1.54) is 6.07 Å². The molecule has 0 aliphatic carbocycles. The lowest BCUT2D eigenvalue weighted by Gasteiger charge is -2.17. The van der Waals surface area contributed by atoms with Gasteiger partial charge in [0.25, 0.3) is 0 Å². The van der Waals surface area contributed by atoms with Crippen LogP contribution in [0.15, 0.2) is 24.3 Å². The zero-order valence-corrected chi connectivity index (χ0v) is 11.3. The van der Waals surface area contributed by atoms with Crippen molar-refractivity contribution in [3.05, 3.63) is 29.8 Å². The fraction of sp³-hybridized carbons (Fsp3) is 0.462. The molecule has 110 valence electrons. The Morgan fingerprint density at radius 2 is 2.20 bits per heavy atom. The number of rotatable bonds is 3. The Bertz CT molecular complexity index is 493. The molecular formula is C13H14ClF3N2O. The van der Waals surface area contributed by atoms with Crippen molar-refractivity contribution in [3.8, 4) is 0 Å². The Hall–Kier alpha value is -1.43. The third kappa shape index (κ3) is 3.56. The highest BCUT2D eigenvalue weighted by molar-refractivity contribution is 6.27. The van der Waals surface area contributed by atoms with Crippen molar-refractivity contribution >= 4 is 23.2 Å². The van der Waals surface area contributed by atoms with Gasteiger partial charge in [0.1, 0.15) is 5.88 Å². The molecule has 0 radical (unpaired) electrons. The highest BCUT2D eigenvalue weighted by Gasteiger charge is 2.31. The fourth-order valence-corrected chi connectivity index (χ4v) is 2.38. The number of benzene rings is 1. The van der Waals surface area contributed by atoms with Crippen LogP contribution in [0.25, 0.3) is 0 Å². The second-order valence-electron chi connectivity index (χ2n) is 4.68. The summed E-state index contributed by atoms with van der Waals surface area (Å²) in [5, 5.41) is 3.03. The van der Waals surface area contributed by atoms with E-state index >= 15 is 0 Å². The molecule has 1 fully saturated rings. The van der Waals surface area contributed by atoms with Gasteiger partial charge in [-0.25, -0.2) is 0 Å². The summed E-state index contributed by atoms with van der Waals surface area (Å²) in [6.07, 6.45) is -3.66. The molecule has 1 saturated heterocycles. The normalized spacial score (nSPS) is 19.2. The smallest absolute Gasteiger partial charge is 0.380 e. The van der Waals surface area contributed by atoms with E-state index in [0.29, 0.717) is 25.2 Å². The van der Waals surface area contributed by atoms with E-state index in [2.05, 4.69) is 5.32 Å². The summed E-state index contributed by atoms with van der Waals surface area (Å²) >= 11 is 5.47. The standard InChI is InChI=1S/C13H14ClF3N2O/c14-7-12(20)19-5-4-11(8-19)18-10-3-1-2-9(6-10)13(15,16)17/h1-3,6,11,18H,4-5,7-8H2. The molecule has 0 aromatic heterocycles. The molecule has 7 heteroatoms. The van der Waals surface area contributed by atoms with Crippen LogP contribution in [0.5, 0.6) is 0 Å². The van der Waals surface area contributed by atoms with E-state index in [4.69, 9.17) is 11.6 Å². The van der Waals surface area contributed by atoms with Gasteiger partial charge in [0, 0.05) is 24.8 Å². The number of carbonyl (C=O) groups excluding carboxylic acids is 1. The molecule has 1 aliphatic rings. The van der Waals surface area contributed by atoms with Crippen LogP contribution in [0.1, 0.15) is 12.0 Å². The van der Waals surface area contributed by atoms with Gasteiger partial charge in [-0.15, -0.1) is 11.6 Å². The first-order valence-corrected chi connectivity index (χ1v) is 6.71. The van der Waals surface area contributed by atoms with Crippen LogP contribution >= 0.6 is 11.6 Å². The van der Waals surface area contributed by atoms with Gasteiger partial charge in [0.15, 0.2) is 0 Å². The number of amides is 1. The zero-order valence-electron chi connectivity index (χ0n) is 10.6. The molecule has 0 saturated carbocycles. The lowest BCUT2D eigenvalue weighted by Crippen LogP contribution is -2.32. The molecular weight excluding hydrogens is 293 g/mol. The number of anilines is 1. The third-order valence-corrected chi connectivity index (χ3v) is 3.44. The maximum Gasteiger partial charge on any atom is 0.416 e. The zero-order chi connectivity index (χ0) is 14.8. The summed E-state index contributed by atoms with van der Waals surface area (Å²) < 4.78 is 37.8. The number of nitrogens with zero attached hydrogens (tertiary/aromatic N) is 1. The molecule has 1 amide bonds. The predicted molar refractivity (Wildman–Crippen MR) is 70.8 cm³/mol. The second-order valence-corrected chi connectivity index (χ2v) is 4.95. The summed E-state index contributed by atoms with van der Waals surface area (Å²) in [4.78, 5) is 13.0. The summed E-state index contributed by atoms with van der Waals surface area (Å²) in [5.41, 5.74) is -0.279. The van der Waals surface area contributed by atoms with Crippen molar-refractivity contribution in [2.75, 3.05) is 24.3 Å². The third-order valence-electron chi connectivity index (χ3n) is 3.22. The predicted octanol–water partition coefficient (Wildman–Crippen LogP) is 2.96. The molecule has 1 aliphatic heterocycles. The van der Waals surface area contributed by atoms with Crippen LogP contribution in [-0.4, -0.2) is 35.8 Å². The number of halogens is 4. The first kappa shape index (κ1) is 15.0. The SMILES string of the molecule is O=C(CCl)N1CCC(Nc2cccc(C(F)(F)F)c2)C1. The van der Waals surface area contributed by atoms with Crippen molar-refractivity contribution in [2.45, 2.75) is 18.6 Å². The summed E-state index contributed by atoms with van der Waals surface area (Å²) in [7, 11) is 0. The fourth-order valence-electron chi connectivity index (χ4n) is 2.21. The summed E-state index contributed by atoms with van der Waals surface area (Å²) in [6, 6.07) is 5.00. The van der Waals surface area contributed by atoms with E-state index in [9.17, 15) is 18.0 Å². The number of alkyl halides is 4. The molecule has 3 nitrogen and oxygen atoms in total. The van der Waals surface area contributed by atoms with Gasteiger partial charge in [-0.2, -0.15) is 13.2 Å². The molecule has 1 atom stereocenters. The van der Waals surface area contributed by atoms with Crippen molar-refractivity contribution < 1.29 is 18.0 Å². The van der Waals surface area contributed by atoms with E-state index < -0.39 is 11.7 Å². The van der Waals surface area contributed by atoms with Gasteiger partial charge >= 0.3 is 6.18 Å². The average Bonchev–Trinajstić information content (AvgIpc) is 2.85. The van der Waals surface area contributed by atoms with Gasteiger partial charge in [-0.3, -0.25) is 4.79 Å². The van der Waals surface area contributed by atoms with Crippen molar-refractivity contribution in [1.82, 2.24) is 4.90 Å². The maximum absolute atomic E-state index is 12.6. The quantitative estimate of drug-likeness (QED) is 0.871. The van der Waals surface area contributed by atoms with E-state index in [1.807, 2.05) is 0 Å². The van der Waals surface area contributed by atoms with Crippen LogP contribution in [-0.2, 0) is 11.0 Å². The number of hydrogen-bond donors (Lipinski definition) is 1. The van der Waals surface area contributed by atoms with Crippen LogP contribution in [0.4, 0.5) is 18.9 Å². The number of likely N-dealkylation sites (tertiary alicyclic amines) is 1. The molecule has 1 aromatic carbocycles. The molecule has 0 bridgehead atoms. The Morgan fingerprint density at radius 3 is 2.85 bits per heavy atom. The second kappa shape index (κ2) is 5.91. The maximum atomic E-state index is 12.6. The first-order valence-electron chi connectivity index (χ1n) is 6.17. The Balaban J connectivity index is 2.00.